The van der Waals surface area contributed by atoms with Gasteiger partial charge >= 0.3 is 0 Å². The van der Waals surface area contributed by atoms with Crippen LogP contribution in [0, 0.1) is 5.92 Å². The van der Waals surface area contributed by atoms with Gasteiger partial charge in [0, 0.05) is 16.5 Å². The van der Waals surface area contributed by atoms with Crippen LogP contribution in [0.15, 0.2) is 36.4 Å². The maximum absolute atomic E-state index is 9.52. The van der Waals surface area contributed by atoms with Gasteiger partial charge in [-0.1, -0.05) is 35.9 Å². The fourth-order valence-electron chi connectivity index (χ4n) is 3.52. The van der Waals surface area contributed by atoms with E-state index in [0.29, 0.717) is 10.9 Å². The SMILES string of the molecule is OCc1cc(Cl)cc2c1O[C@H]1c3ccccc3C[C@H]1C2. The molecule has 0 radical (unpaired) electrons. The summed E-state index contributed by atoms with van der Waals surface area (Å²) in [4.78, 5) is 0. The van der Waals surface area contributed by atoms with E-state index in [9.17, 15) is 5.11 Å². The number of hydrogen-bond donors (Lipinski definition) is 1. The molecule has 1 aliphatic carbocycles. The van der Waals surface area contributed by atoms with E-state index in [-0.39, 0.29) is 12.7 Å². The van der Waals surface area contributed by atoms with Crippen LogP contribution in [0.25, 0.3) is 0 Å². The van der Waals surface area contributed by atoms with E-state index in [4.69, 9.17) is 16.3 Å². The van der Waals surface area contributed by atoms with Gasteiger partial charge in [0.2, 0.25) is 0 Å². The molecule has 2 aromatic carbocycles. The molecule has 0 amide bonds. The minimum absolute atomic E-state index is 0.0398. The summed E-state index contributed by atoms with van der Waals surface area (Å²) in [7, 11) is 0. The van der Waals surface area contributed by atoms with Gasteiger partial charge in [-0.15, -0.1) is 0 Å². The maximum atomic E-state index is 9.52. The predicted molar refractivity (Wildman–Crippen MR) is 78.1 cm³/mol. The van der Waals surface area contributed by atoms with Crippen LogP contribution in [0.2, 0.25) is 5.02 Å². The van der Waals surface area contributed by atoms with Crippen molar-refractivity contribution in [2.75, 3.05) is 0 Å². The normalized spacial score (nSPS) is 22.7. The first kappa shape index (κ1) is 12.2. The first-order chi connectivity index (χ1) is 9.76. The molecule has 0 aromatic heterocycles. The molecule has 0 unspecified atom stereocenters. The molecular formula is C17H15ClO2. The van der Waals surface area contributed by atoms with Crippen molar-refractivity contribution in [3.05, 3.63) is 63.7 Å². The van der Waals surface area contributed by atoms with Crippen molar-refractivity contribution < 1.29 is 9.84 Å². The minimum Gasteiger partial charge on any atom is -0.485 e. The molecule has 20 heavy (non-hydrogen) atoms. The average molecular weight is 287 g/mol. The first-order valence-corrected chi connectivity index (χ1v) is 7.30. The van der Waals surface area contributed by atoms with Crippen LogP contribution in [-0.2, 0) is 19.4 Å². The zero-order valence-corrected chi connectivity index (χ0v) is 11.7. The Labute approximate surface area is 123 Å². The van der Waals surface area contributed by atoms with E-state index < -0.39 is 0 Å². The number of fused-ring (bicyclic) bond motifs is 4. The second-order valence-electron chi connectivity index (χ2n) is 5.62. The van der Waals surface area contributed by atoms with Crippen molar-refractivity contribution in [2.45, 2.75) is 25.6 Å². The van der Waals surface area contributed by atoms with Gasteiger partial charge < -0.3 is 9.84 Å². The van der Waals surface area contributed by atoms with Gasteiger partial charge in [0.25, 0.3) is 0 Å². The van der Waals surface area contributed by atoms with E-state index in [2.05, 4.69) is 24.3 Å². The second-order valence-corrected chi connectivity index (χ2v) is 6.05. The van der Waals surface area contributed by atoms with E-state index >= 15 is 0 Å². The molecule has 1 N–H and O–H groups in total. The van der Waals surface area contributed by atoms with Gasteiger partial charge in [0.05, 0.1) is 6.61 Å². The minimum atomic E-state index is -0.0398. The van der Waals surface area contributed by atoms with Gasteiger partial charge in [-0.3, -0.25) is 0 Å². The zero-order valence-electron chi connectivity index (χ0n) is 11.0. The summed E-state index contributed by atoms with van der Waals surface area (Å²) in [5.74, 6) is 1.31. The molecular weight excluding hydrogens is 272 g/mol. The highest BCUT2D eigenvalue weighted by atomic mass is 35.5. The molecule has 0 saturated carbocycles. The molecule has 1 aliphatic heterocycles. The lowest BCUT2D eigenvalue weighted by Crippen LogP contribution is -2.23. The highest BCUT2D eigenvalue weighted by Gasteiger charge is 2.38. The monoisotopic (exact) mass is 286 g/mol. The van der Waals surface area contributed by atoms with Crippen molar-refractivity contribution in [3.8, 4) is 5.75 Å². The number of aliphatic hydroxyl groups excluding tert-OH is 1. The van der Waals surface area contributed by atoms with Crippen molar-refractivity contribution in [3.63, 3.8) is 0 Å². The third kappa shape index (κ3) is 1.75. The Kier molecular flexibility index (Phi) is 2.76. The lowest BCUT2D eigenvalue weighted by Gasteiger charge is -2.31. The van der Waals surface area contributed by atoms with Crippen molar-refractivity contribution >= 4 is 11.6 Å². The molecule has 2 aliphatic rings. The van der Waals surface area contributed by atoms with E-state index in [1.165, 1.54) is 11.1 Å². The van der Waals surface area contributed by atoms with Crippen LogP contribution in [0.1, 0.15) is 28.4 Å². The zero-order chi connectivity index (χ0) is 13.7. The Morgan fingerprint density at radius 3 is 2.80 bits per heavy atom. The number of halogens is 1. The van der Waals surface area contributed by atoms with Gasteiger partial charge in [-0.25, -0.2) is 0 Å². The van der Waals surface area contributed by atoms with Crippen molar-refractivity contribution in [1.29, 1.82) is 0 Å². The smallest absolute Gasteiger partial charge is 0.129 e. The van der Waals surface area contributed by atoms with Crippen LogP contribution in [0.3, 0.4) is 0 Å². The third-order valence-electron chi connectivity index (χ3n) is 4.38. The molecule has 2 atom stereocenters. The Morgan fingerprint density at radius 1 is 1.15 bits per heavy atom. The van der Waals surface area contributed by atoms with Gasteiger partial charge in [0.1, 0.15) is 11.9 Å². The summed E-state index contributed by atoms with van der Waals surface area (Å²) in [6.45, 7) is -0.0398. The number of benzene rings is 2. The Morgan fingerprint density at radius 2 is 1.95 bits per heavy atom. The molecule has 0 fully saturated rings. The van der Waals surface area contributed by atoms with E-state index in [0.717, 1.165) is 29.7 Å². The molecule has 1 heterocycles. The van der Waals surface area contributed by atoms with E-state index in [1.54, 1.807) is 6.07 Å². The van der Waals surface area contributed by atoms with Crippen molar-refractivity contribution in [1.82, 2.24) is 0 Å². The van der Waals surface area contributed by atoms with Crippen LogP contribution in [0.5, 0.6) is 5.75 Å². The molecule has 4 rings (SSSR count). The van der Waals surface area contributed by atoms with Crippen molar-refractivity contribution in [2.24, 2.45) is 5.92 Å². The Hall–Kier alpha value is -1.51. The Balaban J connectivity index is 1.80. The quantitative estimate of drug-likeness (QED) is 0.866. The average Bonchev–Trinajstić information content (AvgIpc) is 2.81. The fourth-order valence-corrected chi connectivity index (χ4v) is 3.79. The maximum Gasteiger partial charge on any atom is 0.129 e. The Bertz CT molecular complexity index is 681. The first-order valence-electron chi connectivity index (χ1n) is 6.93. The molecule has 0 bridgehead atoms. The summed E-state index contributed by atoms with van der Waals surface area (Å²) < 4.78 is 6.24. The van der Waals surface area contributed by atoms with Crippen LogP contribution in [0.4, 0.5) is 0 Å². The van der Waals surface area contributed by atoms with Gasteiger partial charge in [0.15, 0.2) is 0 Å². The third-order valence-corrected chi connectivity index (χ3v) is 4.59. The van der Waals surface area contributed by atoms with Gasteiger partial charge in [-0.2, -0.15) is 0 Å². The second kappa shape index (κ2) is 4.51. The summed E-state index contributed by atoms with van der Waals surface area (Å²) >= 11 is 6.13. The highest BCUT2D eigenvalue weighted by molar-refractivity contribution is 6.30. The van der Waals surface area contributed by atoms with Crippen LogP contribution < -0.4 is 4.74 Å². The standard InChI is InChI=1S/C17H15ClO2/c18-14-7-12-6-11-5-10-3-1-2-4-15(10)17(11)20-16(12)13(8-14)9-19/h1-4,7-8,11,17,19H,5-6,9H2/t11-,17+/m0/s1. The number of ether oxygens (including phenoxy) is 1. The summed E-state index contributed by atoms with van der Waals surface area (Å²) in [6.07, 6.45) is 2.13. The molecule has 2 nitrogen and oxygen atoms in total. The fraction of sp³-hybridized carbons (Fsp3) is 0.294. The lowest BCUT2D eigenvalue weighted by atomic mass is 9.90. The summed E-state index contributed by atoms with van der Waals surface area (Å²) in [5, 5.41) is 10.2. The largest absolute Gasteiger partial charge is 0.485 e. The number of rotatable bonds is 1. The van der Waals surface area contributed by atoms with Crippen LogP contribution >= 0.6 is 11.6 Å². The topological polar surface area (TPSA) is 29.5 Å². The summed E-state index contributed by atoms with van der Waals surface area (Å²) in [5.41, 5.74) is 4.58. The van der Waals surface area contributed by atoms with E-state index in [1.807, 2.05) is 6.07 Å². The molecule has 3 heteroatoms. The van der Waals surface area contributed by atoms with Gasteiger partial charge in [-0.05, 0) is 41.7 Å². The molecule has 0 saturated heterocycles. The van der Waals surface area contributed by atoms with Crippen LogP contribution in [-0.4, -0.2) is 5.11 Å². The number of aliphatic hydroxyl groups is 1. The molecule has 0 spiro atoms. The highest BCUT2D eigenvalue weighted by Crippen LogP contribution is 2.47. The lowest BCUT2D eigenvalue weighted by molar-refractivity contribution is 0.123. The molecule has 102 valence electrons. The number of hydrogen-bond acceptors (Lipinski definition) is 2. The molecule has 2 aromatic rings. The summed E-state index contributed by atoms with van der Waals surface area (Å²) in [6, 6.07) is 12.2. The predicted octanol–water partition coefficient (Wildman–Crippen LogP) is 3.68.